The van der Waals surface area contributed by atoms with Crippen molar-refractivity contribution in [2.75, 3.05) is 0 Å². The van der Waals surface area contributed by atoms with Gasteiger partial charge in [-0.2, -0.15) is 0 Å². The summed E-state index contributed by atoms with van der Waals surface area (Å²) in [6.07, 6.45) is 15.4. The van der Waals surface area contributed by atoms with E-state index in [-0.39, 0.29) is 27.8 Å². The Morgan fingerprint density at radius 2 is 1.75 bits per heavy atom. The smallest absolute Gasteiger partial charge is 0.130 e. The van der Waals surface area contributed by atoms with E-state index in [0.29, 0.717) is 23.7 Å². The summed E-state index contributed by atoms with van der Waals surface area (Å²) in [6.45, 7) is 16.7. The average Bonchev–Trinajstić information content (AvgIpc) is 3.04. The van der Waals surface area contributed by atoms with E-state index in [1.807, 2.05) is 0 Å². The van der Waals surface area contributed by atoms with Gasteiger partial charge in [0.25, 0.3) is 0 Å². The minimum absolute atomic E-state index is 0.0484. The van der Waals surface area contributed by atoms with E-state index in [0.717, 1.165) is 31.6 Å². The molecule has 0 bridgehead atoms. The fraction of sp³-hybridized carbons (Fsp3) is 0.900. The lowest BCUT2D eigenvalue weighted by molar-refractivity contribution is -0.141. The van der Waals surface area contributed by atoms with E-state index in [1.165, 1.54) is 50.4 Å². The topological polar surface area (TPSA) is 37.3 Å². The Balaban J connectivity index is 1.65. The van der Waals surface area contributed by atoms with Crippen LogP contribution in [0.4, 0.5) is 0 Å². The van der Waals surface area contributed by atoms with Gasteiger partial charge in [0.1, 0.15) is 6.29 Å². The molecule has 0 unspecified atom stereocenters. The van der Waals surface area contributed by atoms with Crippen LogP contribution in [0, 0.1) is 51.2 Å². The summed E-state index contributed by atoms with van der Waals surface area (Å²) < 4.78 is 0. The molecular formula is C30H50O2. The van der Waals surface area contributed by atoms with E-state index < -0.39 is 0 Å². The van der Waals surface area contributed by atoms with Crippen molar-refractivity contribution in [2.24, 2.45) is 51.2 Å². The highest BCUT2D eigenvalue weighted by Crippen LogP contribution is 2.72. The van der Waals surface area contributed by atoms with E-state index in [2.05, 4.69) is 54.5 Å². The van der Waals surface area contributed by atoms with Gasteiger partial charge in [0.2, 0.25) is 0 Å². The quantitative estimate of drug-likeness (QED) is 0.340. The van der Waals surface area contributed by atoms with Gasteiger partial charge in [-0.15, -0.1) is 0 Å². The number of hydrogen-bond acceptors (Lipinski definition) is 2. The average molecular weight is 443 g/mol. The number of allylic oxidation sites excluding steroid dienone is 2. The van der Waals surface area contributed by atoms with Gasteiger partial charge in [0.05, 0.1) is 11.5 Å². The van der Waals surface area contributed by atoms with Gasteiger partial charge < -0.3 is 9.90 Å². The van der Waals surface area contributed by atoms with E-state index in [1.54, 1.807) is 0 Å². The third-order valence-electron chi connectivity index (χ3n) is 11.7. The Kier molecular flexibility index (Phi) is 6.31. The largest absolute Gasteiger partial charge is 0.393 e. The number of aliphatic hydroxyl groups is 1. The van der Waals surface area contributed by atoms with Crippen LogP contribution in [-0.4, -0.2) is 17.5 Å². The molecule has 0 aliphatic heterocycles. The predicted molar refractivity (Wildman–Crippen MR) is 133 cm³/mol. The summed E-state index contributed by atoms with van der Waals surface area (Å²) in [5.74, 6) is 3.17. The summed E-state index contributed by atoms with van der Waals surface area (Å²) in [5, 5.41) is 10.8. The molecule has 3 saturated carbocycles. The van der Waals surface area contributed by atoms with Crippen molar-refractivity contribution >= 4 is 6.29 Å². The highest BCUT2D eigenvalue weighted by Gasteiger charge is 2.67. The van der Waals surface area contributed by atoms with Crippen molar-refractivity contribution in [1.29, 1.82) is 0 Å². The molecule has 0 saturated heterocycles. The molecule has 4 aliphatic carbocycles. The van der Waals surface area contributed by atoms with Crippen LogP contribution in [0.5, 0.6) is 0 Å². The molecule has 0 spiro atoms. The molecule has 32 heavy (non-hydrogen) atoms. The first kappa shape index (κ1) is 24.5. The molecule has 0 aromatic carbocycles. The highest BCUT2D eigenvalue weighted by molar-refractivity contribution is 5.69. The first-order valence-electron chi connectivity index (χ1n) is 13.8. The van der Waals surface area contributed by atoms with Crippen molar-refractivity contribution in [1.82, 2.24) is 0 Å². The molecule has 1 N–H and O–H groups in total. The number of carbonyl (C=O) groups excluding carboxylic acids is 1. The fourth-order valence-electron chi connectivity index (χ4n) is 9.65. The zero-order valence-electron chi connectivity index (χ0n) is 22.0. The molecule has 8 atom stereocenters. The predicted octanol–water partition coefficient (Wildman–Crippen LogP) is 7.59. The number of rotatable bonds is 6. The number of carbonyl (C=O) groups is 1. The van der Waals surface area contributed by atoms with E-state index >= 15 is 0 Å². The molecule has 2 nitrogen and oxygen atoms in total. The van der Waals surface area contributed by atoms with Gasteiger partial charge in [-0.3, -0.25) is 0 Å². The Labute approximate surface area is 198 Å². The van der Waals surface area contributed by atoms with Crippen LogP contribution < -0.4 is 0 Å². The Morgan fingerprint density at radius 3 is 2.41 bits per heavy atom. The Hall–Kier alpha value is -0.630. The molecule has 0 radical (unpaired) electrons. The van der Waals surface area contributed by atoms with E-state index in [9.17, 15) is 9.90 Å². The van der Waals surface area contributed by atoms with Gasteiger partial charge in [-0.05, 0) is 90.8 Å². The summed E-state index contributed by atoms with van der Waals surface area (Å²) in [5.41, 5.74) is 1.55. The normalized spacial score (nSPS) is 46.1. The number of aliphatic hydroxyl groups excluding tert-OH is 1. The van der Waals surface area contributed by atoms with Gasteiger partial charge in [-0.1, -0.05) is 79.4 Å². The maximum Gasteiger partial charge on any atom is 0.130 e. The summed E-state index contributed by atoms with van der Waals surface area (Å²) in [4.78, 5) is 13.1. The van der Waals surface area contributed by atoms with Crippen molar-refractivity contribution in [3.8, 4) is 0 Å². The Morgan fingerprint density at radius 1 is 1.03 bits per heavy atom. The minimum atomic E-state index is -0.249. The second kappa shape index (κ2) is 8.24. The molecular weight excluding hydrogens is 392 g/mol. The lowest BCUT2D eigenvalue weighted by Crippen LogP contribution is -2.58. The molecule has 3 fully saturated rings. The van der Waals surface area contributed by atoms with Crippen molar-refractivity contribution in [3.63, 3.8) is 0 Å². The first-order chi connectivity index (χ1) is 14.9. The second-order valence-electron chi connectivity index (χ2n) is 13.9. The molecule has 0 aromatic heterocycles. The number of fused-ring (bicyclic) bond motifs is 5. The summed E-state index contributed by atoms with van der Waals surface area (Å²) >= 11 is 0. The zero-order valence-corrected chi connectivity index (χ0v) is 22.0. The molecule has 2 heteroatoms. The fourth-order valence-corrected chi connectivity index (χ4v) is 9.65. The third-order valence-corrected chi connectivity index (χ3v) is 11.7. The van der Waals surface area contributed by atoms with Crippen LogP contribution in [0.1, 0.15) is 113 Å². The SMILES string of the molecule is CC(C)CCC[C@@H](C)[C@H]1CC[C@@]2(C=O)C3=CC[C@H]4C(C)(C)[C@@H](O)CC[C@]4(C)[C@H]3CC[C@]12C. The molecule has 182 valence electrons. The van der Waals surface area contributed by atoms with Gasteiger partial charge >= 0.3 is 0 Å². The lowest BCUT2D eigenvalue weighted by Gasteiger charge is -2.63. The second-order valence-corrected chi connectivity index (χ2v) is 13.9. The molecule has 0 heterocycles. The minimum Gasteiger partial charge on any atom is -0.393 e. The lowest BCUT2D eigenvalue weighted by atomic mass is 9.41. The third kappa shape index (κ3) is 3.32. The van der Waals surface area contributed by atoms with Crippen LogP contribution in [-0.2, 0) is 4.79 Å². The zero-order chi connectivity index (χ0) is 23.5. The summed E-state index contributed by atoms with van der Waals surface area (Å²) in [6, 6.07) is 0. The van der Waals surface area contributed by atoms with Gasteiger partial charge in [0.15, 0.2) is 0 Å². The van der Waals surface area contributed by atoms with Crippen LogP contribution >= 0.6 is 0 Å². The van der Waals surface area contributed by atoms with Gasteiger partial charge in [0, 0.05) is 0 Å². The molecule has 4 aliphatic rings. The monoisotopic (exact) mass is 442 g/mol. The van der Waals surface area contributed by atoms with Crippen molar-refractivity contribution in [2.45, 2.75) is 119 Å². The van der Waals surface area contributed by atoms with Crippen LogP contribution in [0.25, 0.3) is 0 Å². The van der Waals surface area contributed by atoms with Crippen LogP contribution in [0.3, 0.4) is 0 Å². The van der Waals surface area contributed by atoms with Crippen molar-refractivity contribution < 1.29 is 9.90 Å². The molecule has 0 aromatic rings. The maximum atomic E-state index is 13.1. The molecule has 0 amide bonds. The maximum absolute atomic E-state index is 13.1. The van der Waals surface area contributed by atoms with Gasteiger partial charge in [-0.25, -0.2) is 0 Å². The number of hydrogen-bond donors (Lipinski definition) is 1. The van der Waals surface area contributed by atoms with Crippen molar-refractivity contribution in [3.05, 3.63) is 11.6 Å². The first-order valence-corrected chi connectivity index (χ1v) is 13.8. The summed E-state index contributed by atoms with van der Waals surface area (Å²) in [7, 11) is 0. The van der Waals surface area contributed by atoms with Crippen LogP contribution in [0.15, 0.2) is 11.6 Å². The number of aldehydes is 1. The standard InChI is InChI=1S/C30H50O2/c1-20(2)9-8-10-21(3)22-14-18-30(19-31)24-11-12-25-27(4,5)26(32)15-16-28(25,6)23(24)13-17-29(22,30)7/h11,19-23,25-26,32H,8-10,12-18H2,1-7H3/t21-,22-,23+,25+,26+,28-,29-,30-/m1/s1. The molecule has 4 rings (SSSR count). The van der Waals surface area contributed by atoms with E-state index in [4.69, 9.17) is 0 Å². The highest BCUT2D eigenvalue weighted by atomic mass is 16.3. The van der Waals surface area contributed by atoms with Crippen LogP contribution in [0.2, 0.25) is 0 Å². The Bertz CT molecular complexity index is 750.